The number of carbonyl (C=O) groups is 2. The van der Waals surface area contributed by atoms with Crippen molar-refractivity contribution in [2.45, 2.75) is 266 Å². The van der Waals surface area contributed by atoms with Gasteiger partial charge in [0.25, 0.3) is 0 Å². The van der Waals surface area contributed by atoms with Crippen LogP contribution in [0.15, 0.2) is 11.6 Å². The molecule has 534 valence electrons. The molecule has 0 aromatic heterocycles. The number of carbonyl (C=O) groups excluding carboxylic acids is 2. The van der Waals surface area contributed by atoms with E-state index in [1.807, 2.05) is 34.6 Å². The second-order valence-corrected chi connectivity index (χ2v) is 30.7. The van der Waals surface area contributed by atoms with Crippen LogP contribution in [-0.4, -0.2) is 275 Å². The highest BCUT2D eigenvalue weighted by atomic mass is 32.3. The maximum absolute atomic E-state index is 14.5. The first-order chi connectivity index (χ1) is 43.3. The number of allylic oxidation sites excluding steroid dienone is 2. The Kier molecular flexibility index (Phi) is 21.6. The first-order valence-corrected chi connectivity index (χ1v) is 34.4. The van der Waals surface area contributed by atoms with Crippen molar-refractivity contribution in [1.29, 1.82) is 0 Å². The van der Waals surface area contributed by atoms with E-state index in [4.69, 9.17) is 61.0 Å². The SMILES string of the molecule is CO[C@@H]1[C@@H](O)[C@H](O[C@@H]2[C@@H](O)[C@H](O[C@H]3[C@H](O)[C@@H](O[C@@H]4O[C@H](CO)[C@@H](O)[C@H](O)[C@H]4O)[C@H](O[C@H]4[C@H](O[C@H]5CC[C@]6(C)[C@@H]7CC[C@]89C(=O)O[C@@](C)(CC(=O)CC(C)C)[C@H]8CC[C@@]9(C)C7=CC[C@H]6C5(C)C)OC[C@@H](OS(=O)(=O)[O-])[C@@H]4O)O[C@@H]3C)O[C@H](COS(=O)(=O)[O-])[C@H]2O)OC[C@H]1O. The summed E-state index contributed by atoms with van der Waals surface area (Å²) < 4.78 is 153. The van der Waals surface area contributed by atoms with Gasteiger partial charge in [-0.05, 0) is 87.4 Å². The zero-order valence-corrected chi connectivity index (χ0v) is 54.8. The van der Waals surface area contributed by atoms with Crippen molar-refractivity contribution in [3.8, 4) is 0 Å². The number of hydrogen-bond acceptors (Lipinski definition) is 32. The quantitative estimate of drug-likeness (QED) is 0.0242. The van der Waals surface area contributed by atoms with Crippen LogP contribution in [0.4, 0.5) is 0 Å². The number of aliphatic hydroxyl groups excluding tert-OH is 10. The molecule has 9 fully saturated rings. The summed E-state index contributed by atoms with van der Waals surface area (Å²) in [6.45, 7) is 12.2. The predicted molar refractivity (Wildman–Crippen MR) is 305 cm³/mol. The molecule has 0 amide bonds. The molecule has 0 unspecified atom stereocenters. The van der Waals surface area contributed by atoms with Crippen LogP contribution in [0.3, 0.4) is 0 Å². The van der Waals surface area contributed by atoms with E-state index in [1.54, 1.807) is 0 Å². The fraction of sp³-hybridized carbons (Fsp3) is 0.932. The van der Waals surface area contributed by atoms with Crippen LogP contribution < -0.4 is 0 Å². The molecular formula is C59H92O32S2-2. The van der Waals surface area contributed by atoms with Crippen LogP contribution in [0.25, 0.3) is 0 Å². The van der Waals surface area contributed by atoms with Crippen LogP contribution in [0.5, 0.6) is 0 Å². The molecular weight excluding hydrogens is 1280 g/mol. The Labute approximate surface area is 539 Å². The van der Waals surface area contributed by atoms with Crippen LogP contribution in [0.1, 0.15) is 113 Å². The fourth-order valence-electron chi connectivity index (χ4n) is 17.7. The van der Waals surface area contributed by atoms with Gasteiger partial charge in [0, 0.05) is 31.3 Å². The molecule has 6 aliphatic heterocycles. The van der Waals surface area contributed by atoms with Gasteiger partial charge in [0.1, 0.15) is 115 Å². The Balaban J connectivity index is 0.926. The molecule has 4 aliphatic carbocycles. The van der Waals surface area contributed by atoms with Gasteiger partial charge < -0.3 is 117 Å². The smallest absolute Gasteiger partial charge is 0.313 e. The maximum Gasteiger partial charge on any atom is 0.313 e. The minimum absolute atomic E-state index is 0.0340. The van der Waals surface area contributed by atoms with Gasteiger partial charge in [0.2, 0.25) is 20.8 Å². The van der Waals surface area contributed by atoms with Crippen LogP contribution in [0, 0.1) is 45.3 Å². The van der Waals surface area contributed by atoms with Gasteiger partial charge in [-0.1, -0.05) is 53.2 Å². The largest absolute Gasteiger partial charge is 0.726 e. The molecule has 0 radical (unpaired) electrons. The summed E-state index contributed by atoms with van der Waals surface area (Å²) in [7, 11) is -9.91. The summed E-state index contributed by atoms with van der Waals surface area (Å²) in [5.41, 5.74) is -2.18. The van der Waals surface area contributed by atoms with E-state index in [2.05, 4.69) is 24.1 Å². The summed E-state index contributed by atoms with van der Waals surface area (Å²) >= 11 is 0. The number of methoxy groups -OCH3 is 1. The second-order valence-electron chi connectivity index (χ2n) is 28.7. The van der Waals surface area contributed by atoms with Crippen molar-refractivity contribution in [3.63, 3.8) is 0 Å². The summed E-state index contributed by atoms with van der Waals surface area (Å²) in [5, 5.41) is 112. The third kappa shape index (κ3) is 13.7. The van der Waals surface area contributed by atoms with Crippen molar-refractivity contribution in [2.75, 3.05) is 33.5 Å². The molecule has 6 heterocycles. The molecule has 10 N–H and O–H groups in total. The number of hydrogen-bond donors (Lipinski definition) is 10. The van der Waals surface area contributed by atoms with Crippen molar-refractivity contribution in [3.05, 3.63) is 11.6 Å². The Hall–Kier alpha value is -2.22. The number of aliphatic hydroxyl groups is 10. The molecule has 0 aromatic rings. The number of rotatable bonds is 21. The van der Waals surface area contributed by atoms with Gasteiger partial charge in [0.05, 0.1) is 44.1 Å². The van der Waals surface area contributed by atoms with Crippen molar-refractivity contribution in [1.82, 2.24) is 0 Å². The van der Waals surface area contributed by atoms with E-state index in [0.717, 1.165) is 20.0 Å². The Morgan fingerprint density at radius 1 is 0.656 bits per heavy atom. The number of ketones is 1. The Bertz CT molecular complexity index is 2920. The van der Waals surface area contributed by atoms with Gasteiger partial charge in [0.15, 0.2) is 31.5 Å². The van der Waals surface area contributed by atoms with E-state index in [-0.39, 0.29) is 47.3 Å². The lowest BCUT2D eigenvalue weighted by molar-refractivity contribution is -0.405. The third-order valence-corrected chi connectivity index (χ3v) is 23.1. The Morgan fingerprint density at radius 2 is 1.28 bits per heavy atom. The molecule has 10 rings (SSSR count). The van der Waals surface area contributed by atoms with Gasteiger partial charge in [-0.3, -0.25) is 18.0 Å². The monoisotopic (exact) mass is 1380 g/mol. The highest BCUT2D eigenvalue weighted by Crippen LogP contribution is 2.76. The molecule has 10 aliphatic rings. The molecule has 0 bridgehead atoms. The van der Waals surface area contributed by atoms with Crippen molar-refractivity contribution >= 4 is 32.6 Å². The van der Waals surface area contributed by atoms with E-state index in [1.165, 1.54) is 12.5 Å². The normalized spacial score (nSPS) is 49.2. The summed E-state index contributed by atoms with van der Waals surface area (Å²) in [6.07, 6.45) is -37.9. The van der Waals surface area contributed by atoms with Crippen LogP contribution >= 0.6 is 0 Å². The van der Waals surface area contributed by atoms with Crippen LogP contribution in [0.2, 0.25) is 0 Å². The van der Waals surface area contributed by atoms with Gasteiger partial charge in [-0.2, -0.15) is 0 Å². The van der Waals surface area contributed by atoms with Gasteiger partial charge >= 0.3 is 5.97 Å². The average molecular weight is 1380 g/mol. The molecule has 93 heavy (non-hydrogen) atoms. The van der Waals surface area contributed by atoms with Crippen molar-refractivity contribution < 1.29 is 152 Å². The summed E-state index contributed by atoms with van der Waals surface area (Å²) in [6, 6.07) is 0. The molecule has 32 nitrogen and oxygen atoms in total. The molecule has 0 aromatic carbocycles. The van der Waals surface area contributed by atoms with E-state index in [9.17, 15) is 86.6 Å². The minimum atomic E-state index is -5.57. The van der Waals surface area contributed by atoms with Gasteiger partial charge in [-0.15, -0.1) is 0 Å². The van der Waals surface area contributed by atoms with Crippen LogP contribution in [-0.2, 0) is 95.6 Å². The molecule has 31 atom stereocenters. The zero-order chi connectivity index (χ0) is 68.2. The van der Waals surface area contributed by atoms with E-state index >= 15 is 0 Å². The van der Waals surface area contributed by atoms with Gasteiger partial charge in [-0.25, -0.2) is 16.8 Å². The highest BCUT2D eigenvalue weighted by molar-refractivity contribution is 7.81. The maximum atomic E-state index is 14.5. The van der Waals surface area contributed by atoms with Crippen molar-refractivity contribution in [2.24, 2.45) is 45.3 Å². The molecule has 6 saturated heterocycles. The number of esters is 1. The lowest BCUT2D eigenvalue weighted by atomic mass is 9.41. The molecule has 34 heteroatoms. The second kappa shape index (κ2) is 27.4. The average Bonchev–Trinajstić information content (AvgIpc) is 1.54. The van der Waals surface area contributed by atoms with E-state index < -0.39 is 216 Å². The lowest BCUT2D eigenvalue weighted by Gasteiger charge is -2.64. The lowest BCUT2D eigenvalue weighted by Crippen LogP contribution is -2.68. The Morgan fingerprint density at radius 3 is 1.94 bits per heavy atom. The third-order valence-electron chi connectivity index (χ3n) is 22.2. The first kappa shape index (κ1) is 73.5. The summed E-state index contributed by atoms with van der Waals surface area (Å²) in [5.74, 6) is -0.248. The van der Waals surface area contributed by atoms with E-state index in [0.29, 0.717) is 38.5 Å². The first-order valence-electron chi connectivity index (χ1n) is 31.8. The topological polar surface area (TPSA) is 480 Å². The molecule has 3 saturated carbocycles. The number of cyclic esters (lactones) is 1. The molecule has 1 spiro atoms. The standard InChI is InChI=1S/C59H94O32S2/c1-24(2)18-26(61)19-58(8)34-13-16-57(7)28-10-11-33-55(4,5)35(14-15-56(33,6)27(28)12-17-59(34,57)54(71)90-58)85-52-47(38(65)32(22-80-52)91-93(75,76)77)89-53-48(88-50-40(67)39(66)36(63)30(20-60)83-50)41(68)44(25(3)82-53)86-51-43(70)46(37(64)31(84-51)23-81-92(72,73)74)87-49-42(69)45(78-9)29(62)21-79-49/h10,24-25,27,29-53,60,62-70H,11-23H2,1-9H3,(H,72,73,74)(H,75,76,77)/p-2/t25-,27-,29-,30-,31-,32-,33+,34-,35+,36-,37-,38+,39+,40-,41+,42-,43-,44-,45+,46+,47-,48-,49+,50+,51+,52+,53+,56-,57+,58+,59-/m1/s1. The zero-order valence-electron chi connectivity index (χ0n) is 53.2. The number of Topliss-reactive ketones (excluding diaryl/α,β-unsaturated/α-hetero) is 1. The minimum Gasteiger partial charge on any atom is -0.726 e. The number of fused-ring (bicyclic) bond motifs is 4. The predicted octanol–water partition coefficient (Wildman–Crippen LogP) is -2.70. The highest BCUT2D eigenvalue weighted by Gasteiger charge is 2.76. The fourth-order valence-corrected chi connectivity index (χ4v) is 18.5. The summed E-state index contributed by atoms with van der Waals surface area (Å²) in [4.78, 5) is 27.8. The number of ether oxygens (including phenoxy) is 12.